The smallest absolute Gasteiger partial charge is 0.254 e. The third kappa shape index (κ3) is 3.87. The molecule has 0 radical (unpaired) electrons. The van der Waals surface area contributed by atoms with E-state index in [0.717, 1.165) is 0 Å². The van der Waals surface area contributed by atoms with E-state index < -0.39 is 6.10 Å². The Bertz CT molecular complexity index is 424. The summed E-state index contributed by atoms with van der Waals surface area (Å²) in [4.78, 5) is 13.2. The number of nitrogens with zero attached hydrogens (tertiary/aromatic N) is 1. The number of rotatable bonds is 5. The Kier molecular flexibility index (Phi) is 5.40. The van der Waals surface area contributed by atoms with E-state index in [2.05, 4.69) is 5.32 Å². The zero-order chi connectivity index (χ0) is 13.7. The number of hydrogen-bond acceptors (Lipinski definition) is 4. The average Bonchev–Trinajstić information content (AvgIpc) is 2.35. The van der Waals surface area contributed by atoms with Crippen molar-refractivity contribution in [2.24, 2.45) is 0 Å². The molecule has 0 aliphatic heterocycles. The lowest BCUT2D eigenvalue weighted by Gasteiger charge is -2.14. The highest BCUT2D eigenvalue weighted by Crippen LogP contribution is 2.21. The van der Waals surface area contributed by atoms with Gasteiger partial charge in [-0.05, 0) is 18.2 Å². The van der Waals surface area contributed by atoms with Crippen LogP contribution in [0.5, 0.6) is 0 Å². The van der Waals surface area contributed by atoms with Gasteiger partial charge in [-0.15, -0.1) is 0 Å². The molecule has 0 saturated heterocycles. The molecule has 0 fully saturated rings. The fraction of sp³-hybridized carbons (Fsp3) is 0.417. The fourth-order valence-corrected chi connectivity index (χ4v) is 1.60. The van der Waals surface area contributed by atoms with Crippen LogP contribution in [0.15, 0.2) is 18.2 Å². The standard InChI is InChI=1S/C12H17ClN2O3/c1-15(2)12(18)10-4-3-8(5-11(10)13)14-6-9(17)7-16/h3-5,9,14,16-17H,6-7H2,1-2H3. The molecule has 1 amide bonds. The van der Waals surface area contributed by atoms with E-state index in [4.69, 9.17) is 16.7 Å². The highest BCUT2D eigenvalue weighted by molar-refractivity contribution is 6.34. The van der Waals surface area contributed by atoms with Crippen LogP contribution in [0.1, 0.15) is 10.4 Å². The molecule has 0 aliphatic rings. The second-order valence-electron chi connectivity index (χ2n) is 4.11. The molecule has 0 saturated carbocycles. The number of aliphatic hydroxyl groups excluding tert-OH is 2. The lowest BCUT2D eigenvalue weighted by atomic mass is 10.2. The lowest BCUT2D eigenvalue weighted by molar-refractivity contribution is 0.0828. The molecule has 1 rings (SSSR count). The van der Waals surface area contributed by atoms with Crippen LogP contribution in [0, 0.1) is 0 Å². The number of carbonyl (C=O) groups excluding carboxylic acids is 1. The van der Waals surface area contributed by atoms with Crippen LogP contribution < -0.4 is 5.32 Å². The monoisotopic (exact) mass is 272 g/mol. The second kappa shape index (κ2) is 6.58. The number of amides is 1. The van der Waals surface area contributed by atoms with Crippen LogP contribution in [0.3, 0.4) is 0 Å². The predicted octanol–water partition coefficient (Wildman–Crippen LogP) is 0.807. The molecule has 18 heavy (non-hydrogen) atoms. The minimum Gasteiger partial charge on any atom is -0.394 e. The molecule has 0 aromatic heterocycles. The molecule has 0 bridgehead atoms. The van der Waals surface area contributed by atoms with Gasteiger partial charge in [-0.2, -0.15) is 0 Å². The summed E-state index contributed by atoms with van der Waals surface area (Å²) in [5.74, 6) is -0.165. The lowest BCUT2D eigenvalue weighted by Crippen LogP contribution is -2.23. The van der Waals surface area contributed by atoms with Crippen molar-refractivity contribution in [3.8, 4) is 0 Å². The van der Waals surface area contributed by atoms with Crippen LogP contribution in [0.2, 0.25) is 5.02 Å². The topological polar surface area (TPSA) is 72.8 Å². The van der Waals surface area contributed by atoms with Gasteiger partial charge in [0.05, 0.1) is 23.3 Å². The van der Waals surface area contributed by atoms with Crippen molar-refractivity contribution in [1.82, 2.24) is 4.90 Å². The summed E-state index contributed by atoms with van der Waals surface area (Å²) in [6.45, 7) is -0.0915. The number of benzene rings is 1. The normalized spacial score (nSPS) is 12.1. The quantitative estimate of drug-likeness (QED) is 0.742. The molecule has 5 nitrogen and oxygen atoms in total. The third-order valence-corrected chi connectivity index (χ3v) is 2.67. The minimum atomic E-state index is -0.827. The Labute approximate surface area is 111 Å². The second-order valence-corrected chi connectivity index (χ2v) is 4.52. The van der Waals surface area contributed by atoms with Crippen LogP contribution in [0.4, 0.5) is 5.69 Å². The summed E-state index contributed by atoms with van der Waals surface area (Å²) in [7, 11) is 3.31. The van der Waals surface area contributed by atoms with Crippen LogP contribution in [0.25, 0.3) is 0 Å². The third-order valence-electron chi connectivity index (χ3n) is 2.36. The number of anilines is 1. The van der Waals surface area contributed by atoms with E-state index >= 15 is 0 Å². The zero-order valence-electron chi connectivity index (χ0n) is 10.4. The van der Waals surface area contributed by atoms with E-state index in [1.165, 1.54) is 4.90 Å². The average molecular weight is 273 g/mol. The first-order valence-electron chi connectivity index (χ1n) is 5.49. The number of nitrogens with one attached hydrogen (secondary N) is 1. The maximum Gasteiger partial charge on any atom is 0.254 e. The highest BCUT2D eigenvalue weighted by Gasteiger charge is 2.12. The Balaban J connectivity index is 2.76. The van der Waals surface area contributed by atoms with Gasteiger partial charge in [0.2, 0.25) is 0 Å². The Morgan fingerprint density at radius 1 is 1.50 bits per heavy atom. The fourth-order valence-electron chi connectivity index (χ4n) is 1.34. The van der Waals surface area contributed by atoms with Gasteiger partial charge in [0.1, 0.15) is 0 Å². The van der Waals surface area contributed by atoms with E-state index in [1.807, 2.05) is 0 Å². The molecule has 1 aromatic rings. The SMILES string of the molecule is CN(C)C(=O)c1ccc(NCC(O)CO)cc1Cl. The van der Waals surface area contributed by atoms with Crippen molar-refractivity contribution in [3.63, 3.8) is 0 Å². The van der Waals surface area contributed by atoms with Crippen molar-refractivity contribution in [1.29, 1.82) is 0 Å². The van der Waals surface area contributed by atoms with Gasteiger partial charge in [0.25, 0.3) is 5.91 Å². The molecule has 6 heteroatoms. The highest BCUT2D eigenvalue weighted by atomic mass is 35.5. The van der Waals surface area contributed by atoms with Gasteiger partial charge in [-0.1, -0.05) is 11.6 Å². The summed E-state index contributed by atoms with van der Waals surface area (Å²) in [5, 5.41) is 21.1. The van der Waals surface area contributed by atoms with Crippen molar-refractivity contribution in [3.05, 3.63) is 28.8 Å². The molecule has 0 aliphatic carbocycles. The first-order valence-corrected chi connectivity index (χ1v) is 5.87. The first-order chi connectivity index (χ1) is 8.45. The summed E-state index contributed by atoms with van der Waals surface area (Å²) in [6, 6.07) is 4.94. The molecule has 100 valence electrons. The maximum atomic E-state index is 11.7. The molecular formula is C12H17ClN2O3. The van der Waals surface area contributed by atoms with E-state index in [9.17, 15) is 9.90 Å². The van der Waals surface area contributed by atoms with Gasteiger partial charge in [-0.3, -0.25) is 4.79 Å². The van der Waals surface area contributed by atoms with Gasteiger partial charge in [0.15, 0.2) is 0 Å². The Morgan fingerprint density at radius 2 is 2.17 bits per heavy atom. The van der Waals surface area contributed by atoms with Crippen molar-refractivity contribution < 1.29 is 15.0 Å². The Hall–Kier alpha value is -1.30. The van der Waals surface area contributed by atoms with Crippen LogP contribution in [-0.2, 0) is 0 Å². The molecule has 1 atom stereocenters. The van der Waals surface area contributed by atoms with Crippen molar-refractivity contribution >= 4 is 23.2 Å². The van der Waals surface area contributed by atoms with Crippen molar-refractivity contribution in [2.45, 2.75) is 6.10 Å². The molecule has 0 heterocycles. The number of hydrogen-bond donors (Lipinski definition) is 3. The summed E-state index contributed by atoms with van der Waals surface area (Å²) >= 11 is 6.02. The van der Waals surface area contributed by atoms with E-state index in [0.29, 0.717) is 16.3 Å². The van der Waals surface area contributed by atoms with Crippen molar-refractivity contribution in [2.75, 3.05) is 32.6 Å². The van der Waals surface area contributed by atoms with Gasteiger partial charge >= 0.3 is 0 Å². The van der Waals surface area contributed by atoms with E-state index in [-0.39, 0.29) is 19.1 Å². The largest absolute Gasteiger partial charge is 0.394 e. The molecule has 0 spiro atoms. The van der Waals surface area contributed by atoms with Gasteiger partial charge in [-0.25, -0.2) is 0 Å². The minimum absolute atomic E-state index is 0.165. The van der Waals surface area contributed by atoms with Gasteiger partial charge < -0.3 is 20.4 Å². The number of carbonyl (C=O) groups is 1. The molecule has 1 unspecified atom stereocenters. The maximum absolute atomic E-state index is 11.7. The van der Waals surface area contributed by atoms with Gasteiger partial charge in [0, 0.05) is 26.3 Å². The zero-order valence-corrected chi connectivity index (χ0v) is 11.1. The summed E-state index contributed by atoms with van der Waals surface area (Å²) in [6.07, 6.45) is -0.827. The van der Waals surface area contributed by atoms with Crippen LogP contribution >= 0.6 is 11.6 Å². The summed E-state index contributed by atoms with van der Waals surface area (Å²) < 4.78 is 0. The van der Waals surface area contributed by atoms with Crippen LogP contribution in [-0.4, -0.2) is 54.4 Å². The molecular weight excluding hydrogens is 256 g/mol. The number of aliphatic hydroxyl groups is 2. The first kappa shape index (κ1) is 14.8. The Morgan fingerprint density at radius 3 is 2.67 bits per heavy atom. The predicted molar refractivity (Wildman–Crippen MR) is 71.1 cm³/mol. The molecule has 3 N–H and O–H groups in total. The van der Waals surface area contributed by atoms with E-state index in [1.54, 1.807) is 32.3 Å². The number of halogens is 1. The molecule has 1 aromatic carbocycles. The summed E-state index contributed by atoms with van der Waals surface area (Å²) in [5.41, 5.74) is 1.11.